The molecular weight excluding hydrogens is 357 g/mol. The number of benzene rings is 1. The van der Waals surface area contributed by atoms with Gasteiger partial charge in [-0.25, -0.2) is 9.37 Å². The second-order valence-electron chi connectivity index (χ2n) is 8.17. The molecule has 2 aliphatic rings. The molecule has 2 aromatic rings. The summed E-state index contributed by atoms with van der Waals surface area (Å²) in [4.78, 5) is 21.7. The number of amides is 1. The molecule has 3 heterocycles. The highest BCUT2D eigenvalue weighted by Gasteiger charge is 2.32. The van der Waals surface area contributed by atoms with Gasteiger partial charge in [0.2, 0.25) is 5.91 Å². The first-order valence-electron chi connectivity index (χ1n) is 10.2. The lowest BCUT2D eigenvalue weighted by molar-refractivity contribution is -0.138. The SMILES string of the molecule is CN1CCC(C(=O)N2CCC[C@@H](c3ncc(Cc4cccc(F)c4)o3)C2)CC1. The molecule has 0 radical (unpaired) electrons. The molecule has 5 nitrogen and oxygen atoms in total. The van der Waals surface area contributed by atoms with Gasteiger partial charge in [0.15, 0.2) is 5.89 Å². The van der Waals surface area contributed by atoms with Crippen LogP contribution in [0.3, 0.4) is 0 Å². The van der Waals surface area contributed by atoms with Gasteiger partial charge in [0, 0.05) is 25.4 Å². The highest BCUT2D eigenvalue weighted by atomic mass is 19.1. The van der Waals surface area contributed by atoms with E-state index in [2.05, 4.69) is 16.9 Å². The number of oxazole rings is 1. The van der Waals surface area contributed by atoms with E-state index in [0.29, 0.717) is 24.8 Å². The number of hydrogen-bond donors (Lipinski definition) is 0. The first kappa shape index (κ1) is 19.1. The van der Waals surface area contributed by atoms with Crippen molar-refractivity contribution in [3.8, 4) is 0 Å². The van der Waals surface area contributed by atoms with Crippen LogP contribution < -0.4 is 0 Å². The van der Waals surface area contributed by atoms with Crippen molar-refractivity contribution in [1.29, 1.82) is 0 Å². The minimum atomic E-state index is -0.243. The molecule has 1 atom stereocenters. The summed E-state index contributed by atoms with van der Waals surface area (Å²) in [5.74, 6) is 1.79. The third-order valence-corrected chi connectivity index (χ3v) is 5.99. The van der Waals surface area contributed by atoms with Gasteiger partial charge < -0.3 is 14.2 Å². The second-order valence-corrected chi connectivity index (χ2v) is 8.17. The van der Waals surface area contributed by atoms with Gasteiger partial charge in [0.05, 0.1) is 12.1 Å². The number of rotatable bonds is 4. The second kappa shape index (κ2) is 8.43. The van der Waals surface area contributed by atoms with Crippen LogP contribution in [0.4, 0.5) is 4.39 Å². The summed E-state index contributed by atoms with van der Waals surface area (Å²) in [5.41, 5.74) is 0.866. The first-order valence-corrected chi connectivity index (χ1v) is 10.2. The van der Waals surface area contributed by atoms with Crippen molar-refractivity contribution < 1.29 is 13.6 Å². The Morgan fingerprint density at radius 1 is 1.25 bits per heavy atom. The van der Waals surface area contributed by atoms with E-state index in [0.717, 1.165) is 56.6 Å². The monoisotopic (exact) mass is 385 g/mol. The number of aromatic nitrogens is 1. The summed E-state index contributed by atoms with van der Waals surface area (Å²) in [6.45, 7) is 3.51. The van der Waals surface area contributed by atoms with E-state index in [9.17, 15) is 9.18 Å². The Balaban J connectivity index is 1.38. The molecule has 2 saturated heterocycles. The zero-order chi connectivity index (χ0) is 19.5. The molecule has 0 saturated carbocycles. The van der Waals surface area contributed by atoms with Crippen LogP contribution in [-0.4, -0.2) is 53.9 Å². The Hall–Kier alpha value is -2.21. The maximum atomic E-state index is 13.4. The van der Waals surface area contributed by atoms with Crippen LogP contribution in [0.25, 0.3) is 0 Å². The molecule has 150 valence electrons. The largest absolute Gasteiger partial charge is 0.445 e. The lowest BCUT2D eigenvalue weighted by Gasteiger charge is -2.36. The molecule has 2 fully saturated rings. The summed E-state index contributed by atoms with van der Waals surface area (Å²) >= 11 is 0. The lowest BCUT2D eigenvalue weighted by atomic mass is 9.92. The van der Waals surface area contributed by atoms with E-state index < -0.39 is 0 Å². The van der Waals surface area contributed by atoms with Crippen molar-refractivity contribution in [2.24, 2.45) is 5.92 Å². The molecule has 1 amide bonds. The molecule has 1 aromatic carbocycles. The van der Waals surface area contributed by atoms with Crippen molar-refractivity contribution in [1.82, 2.24) is 14.8 Å². The average Bonchev–Trinajstić information content (AvgIpc) is 3.17. The number of hydrogen-bond acceptors (Lipinski definition) is 4. The topological polar surface area (TPSA) is 49.6 Å². The van der Waals surface area contributed by atoms with Crippen LogP contribution in [0.1, 0.15) is 48.8 Å². The van der Waals surface area contributed by atoms with E-state index in [-0.39, 0.29) is 17.7 Å². The zero-order valence-corrected chi connectivity index (χ0v) is 16.4. The van der Waals surface area contributed by atoms with Crippen molar-refractivity contribution in [3.05, 3.63) is 53.5 Å². The number of likely N-dealkylation sites (tertiary alicyclic amines) is 2. The molecular formula is C22H28FN3O2. The normalized spacial score (nSPS) is 21.8. The smallest absolute Gasteiger partial charge is 0.225 e. The van der Waals surface area contributed by atoms with Gasteiger partial charge in [-0.2, -0.15) is 0 Å². The van der Waals surface area contributed by atoms with E-state index in [1.54, 1.807) is 12.3 Å². The maximum absolute atomic E-state index is 13.4. The number of carbonyl (C=O) groups excluding carboxylic acids is 1. The Kier molecular flexibility index (Phi) is 5.76. The van der Waals surface area contributed by atoms with Crippen LogP contribution >= 0.6 is 0 Å². The number of piperidine rings is 2. The number of carbonyl (C=O) groups is 1. The van der Waals surface area contributed by atoms with E-state index >= 15 is 0 Å². The Labute approximate surface area is 165 Å². The molecule has 0 spiro atoms. The van der Waals surface area contributed by atoms with Crippen LogP contribution in [0, 0.1) is 11.7 Å². The molecule has 0 aliphatic carbocycles. The van der Waals surface area contributed by atoms with E-state index in [1.807, 2.05) is 11.0 Å². The molecule has 28 heavy (non-hydrogen) atoms. The summed E-state index contributed by atoms with van der Waals surface area (Å²) in [7, 11) is 2.11. The minimum absolute atomic E-state index is 0.144. The van der Waals surface area contributed by atoms with E-state index in [4.69, 9.17) is 4.42 Å². The van der Waals surface area contributed by atoms with Crippen LogP contribution in [-0.2, 0) is 11.2 Å². The van der Waals surface area contributed by atoms with Gasteiger partial charge in [0.1, 0.15) is 11.6 Å². The summed E-state index contributed by atoms with van der Waals surface area (Å²) in [6, 6.07) is 6.54. The van der Waals surface area contributed by atoms with Crippen molar-refractivity contribution in [3.63, 3.8) is 0 Å². The van der Waals surface area contributed by atoms with Crippen LogP contribution in [0.15, 0.2) is 34.9 Å². The van der Waals surface area contributed by atoms with Gasteiger partial charge in [-0.05, 0) is 63.5 Å². The number of nitrogens with zero attached hydrogens (tertiary/aromatic N) is 3. The van der Waals surface area contributed by atoms with Gasteiger partial charge in [-0.3, -0.25) is 4.79 Å². The average molecular weight is 385 g/mol. The van der Waals surface area contributed by atoms with Crippen LogP contribution in [0.2, 0.25) is 0 Å². The third-order valence-electron chi connectivity index (χ3n) is 5.99. The quantitative estimate of drug-likeness (QED) is 0.809. The summed E-state index contributed by atoms with van der Waals surface area (Å²) in [5, 5.41) is 0. The van der Waals surface area contributed by atoms with Crippen molar-refractivity contribution in [2.45, 2.75) is 38.0 Å². The highest BCUT2D eigenvalue weighted by Crippen LogP contribution is 2.29. The first-order chi connectivity index (χ1) is 13.6. The zero-order valence-electron chi connectivity index (χ0n) is 16.4. The Morgan fingerprint density at radius 2 is 2.07 bits per heavy atom. The van der Waals surface area contributed by atoms with E-state index in [1.165, 1.54) is 12.1 Å². The fourth-order valence-electron chi connectivity index (χ4n) is 4.33. The van der Waals surface area contributed by atoms with Crippen LogP contribution in [0.5, 0.6) is 0 Å². The minimum Gasteiger partial charge on any atom is -0.445 e. The fraction of sp³-hybridized carbons (Fsp3) is 0.545. The molecule has 0 N–H and O–H groups in total. The molecule has 4 rings (SSSR count). The maximum Gasteiger partial charge on any atom is 0.225 e. The molecule has 0 bridgehead atoms. The summed E-state index contributed by atoms with van der Waals surface area (Å²) in [6.07, 6.45) is 6.12. The summed E-state index contributed by atoms with van der Waals surface area (Å²) < 4.78 is 19.3. The third kappa shape index (κ3) is 4.43. The standard InChI is InChI=1S/C22H28FN3O2/c1-25-10-7-17(8-11-25)22(27)26-9-3-5-18(15-26)21-24-14-20(28-21)13-16-4-2-6-19(23)12-16/h2,4,6,12,14,17-18H,3,5,7-11,13,15H2,1H3/t18-/m1/s1. The predicted molar refractivity (Wildman–Crippen MR) is 104 cm³/mol. The van der Waals surface area contributed by atoms with Gasteiger partial charge in [-0.15, -0.1) is 0 Å². The molecule has 1 aromatic heterocycles. The lowest BCUT2D eigenvalue weighted by Crippen LogP contribution is -2.45. The molecule has 2 aliphatic heterocycles. The molecule has 6 heteroatoms. The van der Waals surface area contributed by atoms with Gasteiger partial charge >= 0.3 is 0 Å². The van der Waals surface area contributed by atoms with Crippen molar-refractivity contribution in [2.75, 3.05) is 33.2 Å². The van der Waals surface area contributed by atoms with Gasteiger partial charge in [-0.1, -0.05) is 12.1 Å². The molecule has 0 unspecified atom stereocenters. The predicted octanol–water partition coefficient (Wildman–Crippen LogP) is 3.45. The Bertz CT molecular complexity index is 814. The highest BCUT2D eigenvalue weighted by molar-refractivity contribution is 5.79. The number of halogens is 1. The van der Waals surface area contributed by atoms with Crippen molar-refractivity contribution >= 4 is 5.91 Å². The van der Waals surface area contributed by atoms with Gasteiger partial charge in [0.25, 0.3) is 0 Å². The Morgan fingerprint density at radius 3 is 2.86 bits per heavy atom. The fourth-order valence-corrected chi connectivity index (χ4v) is 4.33.